The highest BCUT2D eigenvalue weighted by Gasteiger charge is 2.28. The summed E-state index contributed by atoms with van der Waals surface area (Å²) in [6.45, 7) is 7.89. The van der Waals surface area contributed by atoms with E-state index < -0.39 is 22.0 Å². The summed E-state index contributed by atoms with van der Waals surface area (Å²) in [4.78, 5) is 13.4. The second-order valence-electron chi connectivity index (χ2n) is 8.04. The second kappa shape index (κ2) is 10.6. The number of sulfonamides is 1. The molecule has 3 aromatic carbocycles. The van der Waals surface area contributed by atoms with Crippen molar-refractivity contribution in [1.29, 1.82) is 0 Å². The van der Waals surface area contributed by atoms with Crippen LogP contribution in [-0.2, 0) is 21.2 Å². The minimum Gasteiger partial charge on any atom is -0.494 e. The van der Waals surface area contributed by atoms with Crippen molar-refractivity contribution < 1.29 is 17.9 Å². The molecule has 33 heavy (non-hydrogen) atoms. The number of rotatable bonds is 9. The molecule has 1 amide bonds. The van der Waals surface area contributed by atoms with Crippen molar-refractivity contribution in [2.45, 2.75) is 45.1 Å². The van der Waals surface area contributed by atoms with E-state index in [1.165, 1.54) is 0 Å². The first-order chi connectivity index (χ1) is 15.7. The number of aryl methyl sites for hydroxylation is 3. The van der Waals surface area contributed by atoms with Gasteiger partial charge < -0.3 is 10.1 Å². The Bertz CT molecular complexity index is 1180. The van der Waals surface area contributed by atoms with E-state index in [0.717, 1.165) is 11.1 Å². The fourth-order valence-corrected chi connectivity index (χ4v) is 5.55. The van der Waals surface area contributed by atoms with E-state index >= 15 is 0 Å². The zero-order valence-electron chi connectivity index (χ0n) is 19.4. The Morgan fingerprint density at radius 1 is 0.939 bits per heavy atom. The maximum absolute atomic E-state index is 13.4. The molecule has 2 N–H and O–H groups in total. The standard InChI is InChI=1S/C26H30N2O4S/c1-5-32-23-13-11-22(12-14-23)27-26(29)24(17-21-9-7-6-8-10-21)28-33(30,31)25-19(3)15-18(2)16-20(25)4/h6-16,24,28H,5,17H2,1-4H3,(H,27,29)/t24-/m1/s1. The summed E-state index contributed by atoms with van der Waals surface area (Å²) in [5.74, 6) is 0.261. The third-order valence-corrected chi connectivity index (χ3v) is 6.98. The van der Waals surface area contributed by atoms with Crippen molar-refractivity contribution in [3.8, 4) is 5.75 Å². The minimum atomic E-state index is -3.94. The molecule has 6 nitrogen and oxygen atoms in total. The van der Waals surface area contributed by atoms with Crippen molar-refractivity contribution in [1.82, 2.24) is 4.72 Å². The van der Waals surface area contributed by atoms with E-state index in [0.29, 0.717) is 29.2 Å². The average molecular weight is 467 g/mol. The van der Waals surface area contributed by atoms with Gasteiger partial charge in [0, 0.05) is 5.69 Å². The van der Waals surface area contributed by atoms with Crippen LogP contribution < -0.4 is 14.8 Å². The Kier molecular flexibility index (Phi) is 7.89. The van der Waals surface area contributed by atoms with Gasteiger partial charge in [-0.25, -0.2) is 8.42 Å². The van der Waals surface area contributed by atoms with E-state index in [1.807, 2.05) is 56.3 Å². The largest absolute Gasteiger partial charge is 0.494 e. The van der Waals surface area contributed by atoms with Gasteiger partial charge >= 0.3 is 0 Å². The molecule has 0 heterocycles. The number of hydrogen-bond donors (Lipinski definition) is 2. The molecule has 0 spiro atoms. The van der Waals surface area contributed by atoms with Crippen LogP contribution in [0.1, 0.15) is 29.2 Å². The van der Waals surface area contributed by atoms with E-state index in [-0.39, 0.29) is 11.3 Å². The molecule has 0 saturated heterocycles. The van der Waals surface area contributed by atoms with Gasteiger partial charge in [-0.05, 0) is 75.1 Å². The topological polar surface area (TPSA) is 84.5 Å². The summed E-state index contributed by atoms with van der Waals surface area (Å²) in [7, 11) is -3.94. The Morgan fingerprint density at radius 2 is 1.55 bits per heavy atom. The first-order valence-electron chi connectivity index (χ1n) is 10.9. The van der Waals surface area contributed by atoms with Gasteiger partial charge in [-0.3, -0.25) is 4.79 Å². The number of amides is 1. The second-order valence-corrected chi connectivity index (χ2v) is 9.69. The number of carbonyl (C=O) groups is 1. The van der Waals surface area contributed by atoms with E-state index in [1.54, 1.807) is 38.1 Å². The van der Waals surface area contributed by atoms with Crippen LogP contribution in [0, 0.1) is 20.8 Å². The Hall–Kier alpha value is -3.16. The summed E-state index contributed by atoms with van der Waals surface area (Å²) in [5.41, 5.74) is 3.68. The lowest BCUT2D eigenvalue weighted by molar-refractivity contribution is -0.117. The quantitative estimate of drug-likeness (QED) is 0.485. The maximum Gasteiger partial charge on any atom is 0.242 e. The zero-order chi connectivity index (χ0) is 24.0. The van der Waals surface area contributed by atoms with E-state index in [9.17, 15) is 13.2 Å². The Balaban J connectivity index is 1.88. The molecule has 3 rings (SSSR count). The first-order valence-corrected chi connectivity index (χ1v) is 12.4. The van der Waals surface area contributed by atoms with Gasteiger partial charge in [-0.2, -0.15) is 4.72 Å². The average Bonchev–Trinajstić information content (AvgIpc) is 2.74. The monoisotopic (exact) mass is 466 g/mol. The van der Waals surface area contributed by atoms with Crippen LogP contribution in [0.5, 0.6) is 5.75 Å². The van der Waals surface area contributed by atoms with Crippen LogP contribution in [0.25, 0.3) is 0 Å². The van der Waals surface area contributed by atoms with Gasteiger partial charge in [0.1, 0.15) is 11.8 Å². The first kappa shape index (κ1) is 24.5. The third-order valence-electron chi connectivity index (χ3n) is 5.20. The highest BCUT2D eigenvalue weighted by molar-refractivity contribution is 7.89. The number of anilines is 1. The summed E-state index contributed by atoms with van der Waals surface area (Å²) in [6.07, 6.45) is 0.215. The van der Waals surface area contributed by atoms with Crippen LogP contribution in [0.3, 0.4) is 0 Å². The molecule has 1 atom stereocenters. The predicted octanol–water partition coefficient (Wildman–Crippen LogP) is 4.54. The number of carbonyl (C=O) groups excluding carboxylic acids is 1. The van der Waals surface area contributed by atoms with Crippen molar-refractivity contribution >= 4 is 21.6 Å². The van der Waals surface area contributed by atoms with Gasteiger partial charge in [-0.15, -0.1) is 0 Å². The fraction of sp³-hybridized carbons (Fsp3) is 0.269. The maximum atomic E-state index is 13.4. The predicted molar refractivity (Wildman–Crippen MR) is 131 cm³/mol. The highest BCUT2D eigenvalue weighted by Crippen LogP contribution is 2.23. The summed E-state index contributed by atoms with van der Waals surface area (Å²) in [5, 5.41) is 2.82. The van der Waals surface area contributed by atoms with Crippen molar-refractivity contribution in [2.75, 3.05) is 11.9 Å². The molecule has 0 aliphatic rings. The lowest BCUT2D eigenvalue weighted by atomic mass is 10.1. The molecule has 3 aromatic rings. The van der Waals surface area contributed by atoms with Crippen molar-refractivity contribution in [2.24, 2.45) is 0 Å². The van der Waals surface area contributed by atoms with Gasteiger partial charge in [-0.1, -0.05) is 48.0 Å². The molecule has 0 aromatic heterocycles. The Morgan fingerprint density at radius 3 is 2.12 bits per heavy atom. The number of hydrogen-bond acceptors (Lipinski definition) is 4. The van der Waals surface area contributed by atoms with Crippen molar-refractivity contribution in [3.63, 3.8) is 0 Å². The number of benzene rings is 3. The molecule has 0 bridgehead atoms. The van der Waals surface area contributed by atoms with Gasteiger partial charge in [0.25, 0.3) is 0 Å². The van der Waals surface area contributed by atoms with Crippen LogP contribution in [0.2, 0.25) is 0 Å². The molecule has 0 unspecified atom stereocenters. The fourth-order valence-electron chi connectivity index (χ4n) is 3.91. The molecule has 0 fully saturated rings. The van der Waals surface area contributed by atoms with E-state index in [2.05, 4.69) is 10.0 Å². The smallest absolute Gasteiger partial charge is 0.242 e. The number of nitrogens with one attached hydrogen (secondary N) is 2. The molecule has 0 aliphatic carbocycles. The summed E-state index contributed by atoms with van der Waals surface area (Å²) < 4.78 is 34.8. The lowest BCUT2D eigenvalue weighted by Crippen LogP contribution is -2.45. The third kappa shape index (κ3) is 6.43. The lowest BCUT2D eigenvalue weighted by Gasteiger charge is -2.21. The highest BCUT2D eigenvalue weighted by atomic mass is 32.2. The molecule has 0 aliphatic heterocycles. The molecule has 0 saturated carbocycles. The van der Waals surface area contributed by atoms with Gasteiger partial charge in [0.2, 0.25) is 15.9 Å². The van der Waals surface area contributed by atoms with Crippen LogP contribution in [0.4, 0.5) is 5.69 Å². The van der Waals surface area contributed by atoms with Crippen LogP contribution >= 0.6 is 0 Å². The molecular formula is C26H30N2O4S. The Labute approximate surface area is 196 Å². The summed E-state index contributed by atoms with van der Waals surface area (Å²) >= 11 is 0. The number of ether oxygens (including phenoxy) is 1. The molecular weight excluding hydrogens is 436 g/mol. The normalized spacial score (nSPS) is 12.2. The van der Waals surface area contributed by atoms with Gasteiger partial charge in [0.05, 0.1) is 11.5 Å². The SMILES string of the molecule is CCOc1ccc(NC(=O)[C@@H](Cc2ccccc2)NS(=O)(=O)c2c(C)cc(C)cc2C)cc1. The van der Waals surface area contributed by atoms with Crippen LogP contribution in [0.15, 0.2) is 71.6 Å². The van der Waals surface area contributed by atoms with Crippen LogP contribution in [-0.4, -0.2) is 27.0 Å². The zero-order valence-corrected chi connectivity index (χ0v) is 20.2. The summed E-state index contributed by atoms with van der Waals surface area (Å²) in [6, 6.07) is 19.0. The van der Waals surface area contributed by atoms with E-state index in [4.69, 9.17) is 4.74 Å². The minimum absolute atomic E-state index is 0.208. The molecule has 0 radical (unpaired) electrons. The van der Waals surface area contributed by atoms with Crippen molar-refractivity contribution in [3.05, 3.63) is 89.0 Å². The van der Waals surface area contributed by atoms with Gasteiger partial charge in [0.15, 0.2) is 0 Å². The molecule has 174 valence electrons. The molecule has 7 heteroatoms.